The summed E-state index contributed by atoms with van der Waals surface area (Å²) in [5.41, 5.74) is 6.77. The Morgan fingerprint density at radius 1 is 1.04 bits per heavy atom. The number of hydrogen-bond donors (Lipinski definition) is 1. The lowest BCUT2D eigenvalue weighted by molar-refractivity contribution is 0.992. The summed E-state index contributed by atoms with van der Waals surface area (Å²) in [5, 5.41) is 2.42. The van der Waals surface area contributed by atoms with Crippen LogP contribution in [0.2, 0.25) is 0 Å². The molecule has 0 atom stereocenters. The Morgan fingerprint density at radius 3 is 3.00 bits per heavy atom. The Labute approximate surface area is 133 Å². The molecule has 0 saturated heterocycles. The third-order valence-electron chi connectivity index (χ3n) is 4.57. The van der Waals surface area contributed by atoms with E-state index in [0.717, 1.165) is 40.5 Å². The van der Waals surface area contributed by atoms with Gasteiger partial charge in [-0.05, 0) is 42.7 Å². The molecule has 0 amide bonds. The first kappa shape index (κ1) is 12.6. The molecule has 1 aliphatic carbocycles. The fourth-order valence-electron chi connectivity index (χ4n) is 3.45. The number of aromatic amines is 1. The lowest BCUT2D eigenvalue weighted by Crippen LogP contribution is -1.90. The summed E-state index contributed by atoms with van der Waals surface area (Å²) in [5.74, 6) is 0. The van der Waals surface area contributed by atoms with Gasteiger partial charge < -0.3 is 4.98 Å². The van der Waals surface area contributed by atoms with Crippen molar-refractivity contribution in [1.82, 2.24) is 15.0 Å². The van der Waals surface area contributed by atoms with Crippen LogP contribution in [0.1, 0.15) is 17.7 Å². The molecule has 3 heterocycles. The van der Waals surface area contributed by atoms with Gasteiger partial charge in [-0.2, -0.15) is 0 Å². The molecule has 3 nitrogen and oxygen atoms in total. The molecule has 1 N–H and O–H groups in total. The Bertz CT molecular complexity index is 1070. The number of H-pyrrole nitrogens is 1. The van der Waals surface area contributed by atoms with Gasteiger partial charge in [0.2, 0.25) is 0 Å². The third-order valence-corrected chi connectivity index (χ3v) is 4.57. The highest BCUT2D eigenvalue weighted by atomic mass is 14.8. The topological polar surface area (TPSA) is 41.6 Å². The van der Waals surface area contributed by atoms with Crippen molar-refractivity contribution >= 4 is 27.9 Å². The number of aromatic nitrogens is 3. The SMILES string of the molecule is C1=Cc2[nH]c3c(-c4cnc5ccccc5c4)nccc3c2CC1. The summed E-state index contributed by atoms with van der Waals surface area (Å²) in [6, 6.07) is 12.5. The highest BCUT2D eigenvalue weighted by Gasteiger charge is 2.16. The fraction of sp³-hybridized carbons (Fsp3) is 0.100. The maximum Gasteiger partial charge on any atom is 0.0958 e. The van der Waals surface area contributed by atoms with Gasteiger partial charge in [0.05, 0.1) is 16.7 Å². The zero-order valence-electron chi connectivity index (χ0n) is 12.6. The molecule has 0 aliphatic heterocycles. The average molecular weight is 297 g/mol. The molecule has 0 unspecified atom stereocenters. The van der Waals surface area contributed by atoms with E-state index in [2.05, 4.69) is 45.3 Å². The Kier molecular flexibility index (Phi) is 2.62. The second-order valence-electron chi connectivity index (χ2n) is 5.96. The highest BCUT2D eigenvalue weighted by molar-refractivity contribution is 5.97. The maximum atomic E-state index is 4.63. The lowest BCUT2D eigenvalue weighted by Gasteiger charge is -2.05. The number of benzene rings is 1. The number of aryl methyl sites for hydroxylation is 1. The number of rotatable bonds is 1. The molecule has 5 rings (SSSR count). The number of hydrogen-bond acceptors (Lipinski definition) is 2. The monoisotopic (exact) mass is 297 g/mol. The summed E-state index contributed by atoms with van der Waals surface area (Å²) in [7, 11) is 0. The molecule has 4 aromatic rings. The summed E-state index contributed by atoms with van der Waals surface area (Å²) in [6.07, 6.45) is 10.4. The highest BCUT2D eigenvalue weighted by Crippen LogP contribution is 2.33. The van der Waals surface area contributed by atoms with Gasteiger partial charge in [0.15, 0.2) is 0 Å². The molecule has 3 heteroatoms. The van der Waals surface area contributed by atoms with E-state index >= 15 is 0 Å². The van der Waals surface area contributed by atoms with Gasteiger partial charge >= 0.3 is 0 Å². The van der Waals surface area contributed by atoms with Crippen LogP contribution in [0, 0.1) is 0 Å². The first-order chi connectivity index (χ1) is 11.4. The molecule has 0 radical (unpaired) electrons. The standard InChI is InChI=1S/C20H15N3/c1-3-7-17-13(5-1)11-14(12-22-17)19-20-16(9-10-21-19)15-6-2-4-8-18(15)23-20/h1,3-5,7-12,23H,2,6H2. The second-order valence-corrected chi connectivity index (χ2v) is 5.96. The first-order valence-corrected chi connectivity index (χ1v) is 7.91. The molecule has 110 valence electrons. The number of fused-ring (bicyclic) bond motifs is 4. The van der Waals surface area contributed by atoms with Gasteiger partial charge in [-0.1, -0.05) is 24.3 Å². The van der Waals surface area contributed by atoms with Crippen molar-refractivity contribution < 1.29 is 0 Å². The largest absolute Gasteiger partial charge is 0.353 e. The zero-order chi connectivity index (χ0) is 15.2. The number of pyridine rings is 2. The number of para-hydroxylation sites is 1. The first-order valence-electron chi connectivity index (χ1n) is 7.91. The molecule has 0 saturated carbocycles. The number of nitrogens with one attached hydrogen (secondary N) is 1. The van der Waals surface area contributed by atoms with Gasteiger partial charge in [0.1, 0.15) is 0 Å². The van der Waals surface area contributed by atoms with E-state index in [1.807, 2.05) is 30.6 Å². The van der Waals surface area contributed by atoms with E-state index in [0.29, 0.717) is 0 Å². The van der Waals surface area contributed by atoms with Crippen LogP contribution in [0.4, 0.5) is 0 Å². The third kappa shape index (κ3) is 1.90. The zero-order valence-corrected chi connectivity index (χ0v) is 12.6. The molecule has 0 spiro atoms. The van der Waals surface area contributed by atoms with Crippen molar-refractivity contribution in [2.45, 2.75) is 12.8 Å². The summed E-state index contributed by atoms with van der Waals surface area (Å²) in [6.45, 7) is 0. The van der Waals surface area contributed by atoms with Gasteiger partial charge in [0, 0.05) is 34.4 Å². The van der Waals surface area contributed by atoms with E-state index in [1.54, 1.807) is 0 Å². The van der Waals surface area contributed by atoms with Crippen molar-refractivity contribution in [3.8, 4) is 11.3 Å². The van der Waals surface area contributed by atoms with E-state index < -0.39 is 0 Å². The van der Waals surface area contributed by atoms with Crippen molar-refractivity contribution in [2.75, 3.05) is 0 Å². The Balaban J connectivity index is 1.78. The van der Waals surface area contributed by atoms with E-state index in [9.17, 15) is 0 Å². The van der Waals surface area contributed by atoms with Crippen molar-refractivity contribution in [1.29, 1.82) is 0 Å². The van der Waals surface area contributed by atoms with Crippen LogP contribution >= 0.6 is 0 Å². The number of allylic oxidation sites excluding steroid dienone is 1. The molecular formula is C20H15N3. The van der Waals surface area contributed by atoms with Crippen LogP contribution < -0.4 is 0 Å². The van der Waals surface area contributed by atoms with E-state index in [4.69, 9.17) is 0 Å². The van der Waals surface area contributed by atoms with Crippen LogP contribution in [-0.2, 0) is 6.42 Å². The molecule has 1 aliphatic rings. The van der Waals surface area contributed by atoms with Crippen molar-refractivity contribution in [3.05, 3.63) is 66.1 Å². The Hall–Kier alpha value is -2.94. The molecular weight excluding hydrogens is 282 g/mol. The number of nitrogens with zero attached hydrogens (tertiary/aromatic N) is 2. The van der Waals surface area contributed by atoms with E-state index in [1.165, 1.54) is 16.6 Å². The minimum absolute atomic E-state index is 0.976. The second kappa shape index (κ2) is 4.78. The normalized spacial score (nSPS) is 13.6. The minimum atomic E-state index is 0.976. The Morgan fingerprint density at radius 2 is 2.00 bits per heavy atom. The van der Waals surface area contributed by atoms with Gasteiger partial charge in [-0.25, -0.2) is 0 Å². The average Bonchev–Trinajstić information content (AvgIpc) is 3.00. The van der Waals surface area contributed by atoms with Gasteiger partial charge in [0.25, 0.3) is 0 Å². The fourth-order valence-corrected chi connectivity index (χ4v) is 3.45. The van der Waals surface area contributed by atoms with Crippen molar-refractivity contribution in [2.24, 2.45) is 0 Å². The van der Waals surface area contributed by atoms with E-state index in [-0.39, 0.29) is 0 Å². The van der Waals surface area contributed by atoms with Gasteiger partial charge in [-0.3, -0.25) is 9.97 Å². The maximum absolute atomic E-state index is 4.63. The van der Waals surface area contributed by atoms with Crippen LogP contribution in [0.3, 0.4) is 0 Å². The minimum Gasteiger partial charge on any atom is -0.353 e. The summed E-state index contributed by atoms with van der Waals surface area (Å²) < 4.78 is 0. The molecule has 23 heavy (non-hydrogen) atoms. The van der Waals surface area contributed by atoms with Crippen LogP contribution in [0.15, 0.2) is 54.9 Å². The molecule has 0 fully saturated rings. The summed E-state index contributed by atoms with van der Waals surface area (Å²) >= 11 is 0. The predicted octanol–water partition coefficient (Wildman–Crippen LogP) is 4.74. The smallest absolute Gasteiger partial charge is 0.0958 e. The molecule has 3 aromatic heterocycles. The summed E-state index contributed by atoms with van der Waals surface area (Å²) in [4.78, 5) is 12.8. The molecule has 1 aromatic carbocycles. The lowest BCUT2D eigenvalue weighted by atomic mass is 10.0. The van der Waals surface area contributed by atoms with Crippen molar-refractivity contribution in [3.63, 3.8) is 0 Å². The predicted molar refractivity (Wildman–Crippen MR) is 94.2 cm³/mol. The van der Waals surface area contributed by atoms with Crippen LogP contribution in [0.25, 0.3) is 39.1 Å². The quantitative estimate of drug-likeness (QED) is 0.551. The molecule has 0 bridgehead atoms. The van der Waals surface area contributed by atoms with Crippen LogP contribution in [-0.4, -0.2) is 15.0 Å². The van der Waals surface area contributed by atoms with Gasteiger partial charge in [-0.15, -0.1) is 0 Å². The van der Waals surface area contributed by atoms with Crippen LogP contribution in [0.5, 0.6) is 0 Å².